The number of hydrogen-bond acceptors (Lipinski definition) is 0. The van der Waals surface area contributed by atoms with Crippen molar-refractivity contribution in [3.63, 3.8) is 0 Å². The number of allylic oxidation sites excluding steroid dienone is 4. The first kappa shape index (κ1) is 21.4. The van der Waals surface area contributed by atoms with Crippen molar-refractivity contribution >= 4 is 20.1 Å². The Morgan fingerprint density at radius 3 is 1.96 bits per heavy atom. The van der Waals surface area contributed by atoms with E-state index in [0.29, 0.717) is 23.7 Å². The summed E-state index contributed by atoms with van der Waals surface area (Å²) >= 11 is 0. The van der Waals surface area contributed by atoms with Gasteiger partial charge in [0.05, 0.1) is 0 Å². The predicted octanol–water partition coefficient (Wildman–Crippen LogP) is 7.37. The molecule has 0 amide bonds. The Morgan fingerprint density at radius 2 is 1.54 bits per heavy atom. The number of benzene rings is 1. The summed E-state index contributed by atoms with van der Waals surface area (Å²) in [6, 6.07) is 7.10. The molecule has 144 valence electrons. The quantitative estimate of drug-likeness (QED) is 0.485. The molecule has 0 aromatic heterocycles. The maximum Gasteiger partial charge on any atom is 0.00196 e. The fourth-order valence-corrected chi connectivity index (χ4v) is 5.23. The van der Waals surface area contributed by atoms with Gasteiger partial charge in [-0.25, -0.2) is 0 Å². The topological polar surface area (TPSA) is 0 Å². The van der Waals surface area contributed by atoms with Crippen molar-refractivity contribution < 1.29 is 0 Å². The first-order valence-electron chi connectivity index (χ1n) is 10.3. The van der Waals surface area contributed by atoms with Gasteiger partial charge in [-0.05, 0) is 70.7 Å². The third-order valence-electron chi connectivity index (χ3n) is 7.14. The Bertz CT molecular complexity index is 745. The molecule has 0 nitrogen and oxygen atoms in total. The van der Waals surface area contributed by atoms with Gasteiger partial charge in [0.2, 0.25) is 0 Å². The smallest absolute Gasteiger partial charge is 0.00196 e. The summed E-state index contributed by atoms with van der Waals surface area (Å²) in [4.78, 5) is 0. The van der Waals surface area contributed by atoms with Gasteiger partial charge < -0.3 is 0 Å². The monoisotopic (exact) mass is 370 g/mol. The molecule has 0 aliphatic heterocycles. The van der Waals surface area contributed by atoms with Gasteiger partial charge in [0.25, 0.3) is 0 Å². The van der Waals surface area contributed by atoms with E-state index in [1.165, 1.54) is 22.0 Å². The molecular formula is C25H39P. The molecule has 0 spiro atoms. The summed E-state index contributed by atoms with van der Waals surface area (Å²) in [6.07, 6.45) is 0. The SMILES string of the molecule is CC1=C(C)C(C)C(C)(C(C)C)C(c2ccc(C(C)C)cc2P)=C1C(C)C. The third kappa shape index (κ3) is 3.35. The average molecular weight is 371 g/mol. The summed E-state index contributed by atoms with van der Waals surface area (Å²) in [5.41, 5.74) is 9.22. The molecule has 2 rings (SSSR count). The highest BCUT2D eigenvalue weighted by Crippen LogP contribution is 2.56. The Labute approximate surface area is 164 Å². The summed E-state index contributed by atoms with van der Waals surface area (Å²) < 4.78 is 0. The first-order valence-corrected chi connectivity index (χ1v) is 10.8. The average Bonchev–Trinajstić information content (AvgIpc) is 2.55. The normalized spacial score (nSPS) is 24.5. The molecule has 0 bridgehead atoms. The Balaban J connectivity index is 2.89. The van der Waals surface area contributed by atoms with Crippen LogP contribution in [-0.2, 0) is 0 Å². The molecular weight excluding hydrogens is 331 g/mol. The summed E-state index contributed by atoms with van der Waals surface area (Å²) in [6.45, 7) is 23.7. The number of rotatable bonds is 4. The zero-order valence-corrected chi connectivity index (χ0v) is 19.8. The van der Waals surface area contributed by atoms with Gasteiger partial charge in [-0.3, -0.25) is 0 Å². The summed E-state index contributed by atoms with van der Waals surface area (Å²) in [5.74, 6) is 2.22. The Hall–Kier alpha value is -0.870. The van der Waals surface area contributed by atoms with Gasteiger partial charge in [-0.2, -0.15) is 0 Å². The second-order valence-corrected chi connectivity index (χ2v) is 10.0. The molecule has 0 N–H and O–H groups in total. The van der Waals surface area contributed by atoms with Crippen LogP contribution in [0.25, 0.3) is 5.57 Å². The number of hydrogen-bond donors (Lipinski definition) is 0. The van der Waals surface area contributed by atoms with Crippen LogP contribution < -0.4 is 5.30 Å². The van der Waals surface area contributed by atoms with E-state index in [0.717, 1.165) is 0 Å². The maximum atomic E-state index is 3.03. The van der Waals surface area contributed by atoms with Crippen molar-refractivity contribution in [1.29, 1.82) is 0 Å². The van der Waals surface area contributed by atoms with Gasteiger partial charge >= 0.3 is 0 Å². The molecule has 0 heterocycles. The van der Waals surface area contributed by atoms with Crippen molar-refractivity contribution in [2.75, 3.05) is 0 Å². The zero-order chi connectivity index (χ0) is 20.0. The molecule has 3 atom stereocenters. The van der Waals surface area contributed by atoms with Crippen LogP contribution in [-0.4, -0.2) is 0 Å². The van der Waals surface area contributed by atoms with Crippen LogP contribution >= 0.6 is 9.24 Å². The second-order valence-electron chi connectivity index (χ2n) is 9.41. The van der Waals surface area contributed by atoms with E-state index < -0.39 is 0 Å². The van der Waals surface area contributed by atoms with E-state index in [4.69, 9.17) is 0 Å². The van der Waals surface area contributed by atoms with Crippen molar-refractivity contribution in [2.45, 2.75) is 75.2 Å². The van der Waals surface area contributed by atoms with Gasteiger partial charge in [-0.15, -0.1) is 9.24 Å². The summed E-state index contributed by atoms with van der Waals surface area (Å²) in [7, 11) is 3.03. The fourth-order valence-electron chi connectivity index (χ4n) is 4.79. The molecule has 0 radical (unpaired) electrons. The minimum absolute atomic E-state index is 0.147. The Morgan fingerprint density at radius 1 is 0.962 bits per heavy atom. The maximum absolute atomic E-state index is 3.03. The van der Waals surface area contributed by atoms with Crippen LogP contribution in [0, 0.1) is 23.2 Å². The lowest BCUT2D eigenvalue weighted by Crippen LogP contribution is -2.38. The molecule has 1 aromatic carbocycles. The van der Waals surface area contributed by atoms with E-state index in [1.54, 1.807) is 16.7 Å². The Kier molecular flexibility index (Phi) is 6.29. The highest BCUT2D eigenvalue weighted by Gasteiger charge is 2.45. The molecule has 1 aromatic rings. The van der Waals surface area contributed by atoms with Gasteiger partial charge in [-0.1, -0.05) is 79.2 Å². The highest BCUT2D eigenvalue weighted by molar-refractivity contribution is 7.27. The zero-order valence-electron chi connectivity index (χ0n) is 18.6. The standard InChI is InChI=1S/C25H39P/c1-14(2)20-11-12-21(22(26)13-20)24-23(15(3)4)18(8)17(7)19(9)25(24,10)16(5)6/h11-16,19H,26H2,1-10H3. The third-order valence-corrected chi connectivity index (χ3v) is 7.62. The van der Waals surface area contributed by atoms with E-state index in [2.05, 4.69) is 96.7 Å². The van der Waals surface area contributed by atoms with E-state index in [9.17, 15) is 0 Å². The van der Waals surface area contributed by atoms with Crippen molar-refractivity contribution in [2.24, 2.45) is 23.2 Å². The minimum atomic E-state index is 0.147. The second kappa shape index (κ2) is 7.63. The predicted molar refractivity (Wildman–Crippen MR) is 122 cm³/mol. The fraction of sp³-hybridized carbons (Fsp3) is 0.600. The van der Waals surface area contributed by atoms with Gasteiger partial charge in [0.1, 0.15) is 0 Å². The molecule has 0 fully saturated rings. The van der Waals surface area contributed by atoms with Crippen LogP contribution in [0.15, 0.2) is 34.9 Å². The molecule has 0 saturated carbocycles. The van der Waals surface area contributed by atoms with E-state index >= 15 is 0 Å². The lowest BCUT2D eigenvalue weighted by Gasteiger charge is -2.48. The van der Waals surface area contributed by atoms with Crippen molar-refractivity contribution in [3.05, 3.63) is 46.0 Å². The molecule has 1 aliphatic carbocycles. The van der Waals surface area contributed by atoms with Crippen LogP contribution in [0.5, 0.6) is 0 Å². The van der Waals surface area contributed by atoms with Crippen LogP contribution in [0.2, 0.25) is 0 Å². The molecule has 26 heavy (non-hydrogen) atoms. The van der Waals surface area contributed by atoms with Gasteiger partial charge in [0.15, 0.2) is 0 Å². The minimum Gasteiger partial charge on any atom is -0.105 e. The van der Waals surface area contributed by atoms with Crippen molar-refractivity contribution in [1.82, 2.24) is 0 Å². The lowest BCUT2D eigenvalue weighted by atomic mass is 9.56. The molecule has 1 aliphatic rings. The van der Waals surface area contributed by atoms with Crippen LogP contribution in [0.4, 0.5) is 0 Å². The largest absolute Gasteiger partial charge is 0.105 e. The highest BCUT2D eigenvalue weighted by atomic mass is 31.0. The molecule has 0 saturated heterocycles. The molecule has 1 heteroatoms. The van der Waals surface area contributed by atoms with E-state index in [-0.39, 0.29) is 5.41 Å². The van der Waals surface area contributed by atoms with Gasteiger partial charge in [0, 0.05) is 5.41 Å². The van der Waals surface area contributed by atoms with Crippen molar-refractivity contribution in [3.8, 4) is 0 Å². The van der Waals surface area contributed by atoms with Crippen LogP contribution in [0.1, 0.15) is 86.3 Å². The van der Waals surface area contributed by atoms with Crippen LogP contribution in [0.3, 0.4) is 0 Å². The summed E-state index contributed by atoms with van der Waals surface area (Å²) in [5, 5.41) is 1.34. The molecule has 3 unspecified atom stereocenters. The van der Waals surface area contributed by atoms with E-state index in [1.807, 2.05) is 0 Å². The first-order chi connectivity index (χ1) is 11.9. The lowest BCUT2D eigenvalue weighted by molar-refractivity contribution is 0.226.